The molecule has 1 atom stereocenters. The van der Waals surface area contributed by atoms with E-state index in [4.69, 9.17) is 11.6 Å². The van der Waals surface area contributed by atoms with Crippen molar-refractivity contribution in [3.8, 4) is 11.3 Å². The lowest BCUT2D eigenvalue weighted by molar-refractivity contribution is -0.141. The monoisotopic (exact) mass is 383 g/mol. The minimum Gasteiger partial charge on any atom is -0.479 e. The zero-order chi connectivity index (χ0) is 19.4. The lowest BCUT2D eigenvalue weighted by Gasteiger charge is -2.15. The molecule has 7 heteroatoms. The molecule has 27 heavy (non-hydrogen) atoms. The molecule has 0 fully saturated rings. The number of aromatic nitrogens is 2. The number of halogens is 1. The molecule has 1 aromatic heterocycles. The van der Waals surface area contributed by atoms with Crippen LogP contribution in [-0.2, 0) is 16.0 Å². The summed E-state index contributed by atoms with van der Waals surface area (Å²) < 4.78 is 0. The molecular weight excluding hydrogens is 366 g/mol. The number of rotatable bonds is 6. The number of hydrogen-bond donors (Lipinski definition) is 3. The Morgan fingerprint density at radius 1 is 1.15 bits per heavy atom. The fraction of sp³-hybridized carbons (Fsp3) is 0.150. The highest BCUT2D eigenvalue weighted by molar-refractivity contribution is 6.30. The molecule has 138 valence electrons. The molecule has 3 aromatic rings. The smallest absolute Gasteiger partial charge is 0.330 e. The minimum absolute atomic E-state index is 0.0108. The number of carbonyl (C=O) groups excluding carboxylic acids is 1. The normalized spacial score (nSPS) is 11.8. The summed E-state index contributed by atoms with van der Waals surface area (Å²) in [5.74, 6) is -1.51. The number of aliphatic carboxylic acids is 1. The van der Waals surface area contributed by atoms with Gasteiger partial charge in [0.25, 0.3) is 0 Å². The Labute approximate surface area is 161 Å². The third-order valence-corrected chi connectivity index (χ3v) is 4.47. The van der Waals surface area contributed by atoms with E-state index in [0.29, 0.717) is 21.8 Å². The van der Waals surface area contributed by atoms with Crippen molar-refractivity contribution in [3.63, 3.8) is 0 Å². The zero-order valence-electron chi connectivity index (χ0n) is 14.6. The maximum absolute atomic E-state index is 12.6. The molecule has 0 bridgehead atoms. The molecular formula is C20H18ClN3O3. The molecule has 0 aliphatic heterocycles. The van der Waals surface area contributed by atoms with Gasteiger partial charge >= 0.3 is 5.97 Å². The maximum atomic E-state index is 12.6. The van der Waals surface area contributed by atoms with Gasteiger partial charge in [-0.3, -0.25) is 9.89 Å². The van der Waals surface area contributed by atoms with Gasteiger partial charge in [0.15, 0.2) is 6.04 Å². The molecule has 0 aliphatic rings. The largest absolute Gasteiger partial charge is 0.479 e. The highest BCUT2D eigenvalue weighted by Crippen LogP contribution is 2.25. The highest BCUT2D eigenvalue weighted by atomic mass is 35.5. The van der Waals surface area contributed by atoms with Gasteiger partial charge < -0.3 is 10.4 Å². The molecule has 0 spiro atoms. The topological polar surface area (TPSA) is 95.1 Å². The second-order valence-electron chi connectivity index (χ2n) is 6.11. The summed E-state index contributed by atoms with van der Waals surface area (Å²) in [7, 11) is 0. The second-order valence-corrected chi connectivity index (χ2v) is 6.55. The fourth-order valence-electron chi connectivity index (χ4n) is 2.82. The standard InChI is InChI=1S/C20H18ClN3O3/c1-12-16(18(24-23-12)14-7-9-15(21)10-8-14)11-17(25)22-19(20(26)27)13-5-3-2-4-6-13/h2-10,19H,11H2,1H3,(H,22,25)(H,23,24)(H,26,27)/t19-/m1/s1. The Balaban J connectivity index is 1.81. The molecule has 0 aliphatic carbocycles. The lowest BCUT2D eigenvalue weighted by atomic mass is 10.0. The van der Waals surface area contributed by atoms with E-state index in [9.17, 15) is 14.7 Å². The van der Waals surface area contributed by atoms with Gasteiger partial charge in [0.05, 0.1) is 12.1 Å². The first-order valence-corrected chi connectivity index (χ1v) is 8.70. The molecule has 0 saturated carbocycles. The summed E-state index contributed by atoms with van der Waals surface area (Å²) in [5, 5.41) is 19.8. The lowest BCUT2D eigenvalue weighted by Crippen LogP contribution is -2.34. The van der Waals surface area contributed by atoms with Crippen LogP contribution in [0.15, 0.2) is 54.6 Å². The van der Waals surface area contributed by atoms with E-state index in [1.165, 1.54) is 0 Å². The van der Waals surface area contributed by atoms with Crippen molar-refractivity contribution < 1.29 is 14.7 Å². The van der Waals surface area contributed by atoms with Crippen LogP contribution in [0.1, 0.15) is 22.9 Å². The molecule has 0 saturated heterocycles. The van der Waals surface area contributed by atoms with E-state index in [1.807, 2.05) is 19.1 Å². The fourth-order valence-corrected chi connectivity index (χ4v) is 2.95. The number of carbonyl (C=O) groups is 2. The van der Waals surface area contributed by atoms with Crippen LogP contribution in [0.2, 0.25) is 5.02 Å². The minimum atomic E-state index is -1.11. The van der Waals surface area contributed by atoms with E-state index in [0.717, 1.165) is 11.3 Å². The summed E-state index contributed by atoms with van der Waals surface area (Å²) in [4.78, 5) is 24.1. The van der Waals surface area contributed by atoms with Crippen LogP contribution < -0.4 is 5.32 Å². The van der Waals surface area contributed by atoms with Crippen molar-refractivity contribution >= 4 is 23.5 Å². The number of aromatic amines is 1. The Morgan fingerprint density at radius 2 is 1.81 bits per heavy atom. The molecule has 3 N–H and O–H groups in total. The zero-order valence-corrected chi connectivity index (χ0v) is 15.3. The van der Waals surface area contributed by atoms with Crippen molar-refractivity contribution in [2.24, 2.45) is 0 Å². The number of amides is 1. The van der Waals surface area contributed by atoms with Gasteiger partial charge in [-0.05, 0) is 24.6 Å². The first-order chi connectivity index (χ1) is 13.0. The van der Waals surface area contributed by atoms with Gasteiger partial charge in [-0.25, -0.2) is 4.79 Å². The van der Waals surface area contributed by atoms with Crippen LogP contribution in [-0.4, -0.2) is 27.2 Å². The van der Waals surface area contributed by atoms with E-state index < -0.39 is 17.9 Å². The molecule has 0 unspecified atom stereocenters. The predicted molar refractivity (Wildman–Crippen MR) is 102 cm³/mol. The predicted octanol–water partition coefficient (Wildman–Crippen LogP) is 3.52. The third kappa shape index (κ3) is 4.35. The quantitative estimate of drug-likeness (QED) is 0.606. The van der Waals surface area contributed by atoms with E-state index in [-0.39, 0.29) is 6.42 Å². The van der Waals surface area contributed by atoms with Crippen LogP contribution in [0.25, 0.3) is 11.3 Å². The van der Waals surface area contributed by atoms with Gasteiger partial charge in [0, 0.05) is 21.8 Å². The highest BCUT2D eigenvalue weighted by Gasteiger charge is 2.23. The third-order valence-electron chi connectivity index (χ3n) is 4.21. The summed E-state index contributed by atoms with van der Waals surface area (Å²) in [6.07, 6.45) is 0.0108. The molecule has 1 amide bonds. The van der Waals surface area contributed by atoms with Crippen molar-refractivity contribution in [2.45, 2.75) is 19.4 Å². The molecule has 6 nitrogen and oxygen atoms in total. The average Bonchev–Trinajstić information content (AvgIpc) is 3.01. The number of nitrogens with zero attached hydrogens (tertiary/aromatic N) is 1. The first-order valence-electron chi connectivity index (χ1n) is 8.32. The van der Waals surface area contributed by atoms with Crippen molar-refractivity contribution in [1.29, 1.82) is 0 Å². The molecule has 1 heterocycles. The Morgan fingerprint density at radius 3 is 2.44 bits per heavy atom. The number of aryl methyl sites for hydroxylation is 1. The van der Waals surface area contributed by atoms with Crippen LogP contribution in [0.3, 0.4) is 0 Å². The van der Waals surface area contributed by atoms with Crippen molar-refractivity contribution in [1.82, 2.24) is 15.5 Å². The van der Waals surface area contributed by atoms with Crippen LogP contribution in [0, 0.1) is 6.92 Å². The SMILES string of the molecule is Cc1[nH]nc(-c2ccc(Cl)cc2)c1CC(=O)N[C@@H](C(=O)O)c1ccccc1. The van der Waals surface area contributed by atoms with Crippen molar-refractivity contribution in [3.05, 3.63) is 76.4 Å². The number of nitrogens with one attached hydrogen (secondary N) is 2. The van der Waals surface area contributed by atoms with Gasteiger partial charge in [0.2, 0.25) is 5.91 Å². The number of H-pyrrole nitrogens is 1. The second kappa shape index (κ2) is 8.05. The van der Waals surface area contributed by atoms with Crippen molar-refractivity contribution in [2.75, 3.05) is 0 Å². The molecule has 2 aromatic carbocycles. The Kier molecular flexibility index (Phi) is 5.57. The number of hydrogen-bond acceptors (Lipinski definition) is 3. The van der Waals surface area contributed by atoms with E-state index >= 15 is 0 Å². The van der Waals surface area contributed by atoms with Gasteiger partial charge in [-0.15, -0.1) is 0 Å². The van der Waals surface area contributed by atoms with E-state index in [1.54, 1.807) is 42.5 Å². The molecule has 0 radical (unpaired) electrons. The van der Waals surface area contributed by atoms with Gasteiger partial charge in [-0.2, -0.15) is 5.10 Å². The van der Waals surface area contributed by atoms with Gasteiger partial charge in [0.1, 0.15) is 0 Å². The Hall–Kier alpha value is -3.12. The van der Waals surface area contributed by atoms with Crippen LogP contribution >= 0.6 is 11.6 Å². The van der Waals surface area contributed by atoms with E-state index in [2.05, 4.69) is 15.5 Å². The summed E-state index contributed by atoms with van der Waals surface area (Å²) in [6, 6.07) is 14.6. The maximum Gasteiger partial charge on any atom is 0.330 e. The summed E-state index contributed by atoms with van der Waals surface area (Å²) >= 11 is 5.93. The summed E-state index contributed by atoms with van der Waals surface area (Å²) in [5.41, 5.74) is 3.45. The number of benzene rings is 2. The van der Waals surface area contributed by atoms with Gasteiger partial charge in [-0.1, -0.05) is 54.1 Å². The van der Waals surface area contributed by atoms with Crippen LogP contribution in [0.4, 0.5) is 0 Å². The first kappa shape index (κ1) is 18.7. The molecule has 3 rings (SSSR count). The summed E-state index contributed by atoms with van der Waals surface area (Å²) in [6.45, 7) is 1.82. The number of carboxylic acid groups (broad SMARTS) is 1. The van der Waals surface area contributed by atoms with Crippen LogP contribution in [0.5, 0.6) is 0 Å². The number of carboxylic acids is 1. The average molecular weight is 384 g/mol. The Bertz CT molecular complexity index is 952.